The number of carbonyl (C=O) groups excluding carboxylic acids is 1. The Morgan fingerprint density at radius 3 is 2.28 bits per heavy atom. The van der Waals surface area contributed by atoms with E-state index in [1.807, 2.05) is 16.7 Å². The lowest BCUT2D eigenvalue weighted by molar-refractivity contribution is -0.145. The minimum atomic E-state index is -0.716. The molecule has 2 heterocycles. The highest BCUT2D eigenvalue weighted by molar-refractivity contribution is 7.99. The van der Waals surface area contributed by atoms with Crippen molar-refractivity contribution in [2.45, 2.75) is 32.1 Å². The quantitative estimate of drug-likeness (QED) is 0.851. The maximum absolute atomic E-state index is 12.1. The molecule has 0 atom stereocenters. The van der Waals surface area contributed by atoms with E-state index in [1.54, 1.807) is 0 Å². The number of likely N-dealkylation sites (tertiary alicyclic amines) is 1. The molecule has 2 fully saturated rings. The normalized spacial score (nSPS) is 23.0. The Hall–Kier alpha value is -0.710. The lowest BCUT2D eigenvalue weighted by atomic mass is 9.94. The molecule has 0 aromatic heterocycles. The van der Waals surface area contributed by atoms with E-state index in [2.05, 4.69) is 0 Å². The Bertz CT molecular complexity index is 307. The van der Waals surface area contributed by atoms with Gasteiger partial charge in [-0.2, -0.15) is 11.8 Å². The zero-order valence-electron chi connectivity index (χ0n) is 10.6. The number of nitrogens with zero attached hydrogens (tertiary/aromatic N) is 1. The van der Waals surface area contributed by atoms with E-state index in [4.69, 9.17) is 5.11 Å². The van der Waals surface area contributed by atoms with Gasteiger partial charge in [0.05, 0.1) is 5.92 Å². The molecule has 102 valence electrons. The van der Waals surface area contributed by atoms with Crippen molar-refractivity contribution in [2.24, 2.45) is 11.8 Å². The molecule has 0 aliphatic carbocycles. The van der Waals surface area contributed by atoms with E-state index >= 15 is 0 Å². The summed E-state index contributed by atoms with van der Waals surface area (Å²) in [6.45, 7) is 1.24. The fraction of sp³-hybridized carbons (Fsp3) is 0.846. The summed E-state index contributed by atoms with van der Waals surface area (Å²) in [5.74, 6) is 2.18. The highest BCUT2D eigenvalue weighted by Crippen LogP contribution is 2.27. The summed E-state index contributed by atoms with van der Waals surface area (Å²) < 4.78 is 0. The summed E-state index contributed by atoms with van der Waals surface area (Å²) in [6.07, 6.45) is 4.20. The number of amides is 1. The minimum absolute atomic E-state index is 0.232. The molecule has 2 aliphatic heterocycles. The van der Waals surface area contributed by atoms with Crippen LogP contribution in [0.25, 0.3) is 0 Å². The number of rotatable bonds is 3. The first-order chi connectivity index (χ1) is 8.66. The van der Waals surface area contributed by atoms with Gasteiger partial charge in [0.25, 0.3) is 0 Å². The van der Waals surface area contributed by atoms with Crippen molar-refractivity contribution >= 4 is 23.6 Å². The largest absolute Gasteiger partial charge is 0.481 e. The molecule has 0 aromatic carbocycles. The van der Waals surface area contributed by atoms with Gasteiger partial charge in [0, 0.05) is 19.5 Å². The Morgan fingerprint density at radius 2 is 1.72 bits per heavy atom. The van der Waals surface area contributed by atoms with Crippen LogP contribution in [-0.4, -0.2) is 46.5 Å². The molecular weight excluding hydrogens is 250 g/mol. The van der Waals surface area contributed by atoms with Crippen molar-refractivity contribution in [3.05, 3.63) is 0 Å². The molecule has 5 heteroatoms. The van der Waals surface area contributed by atoms with Gasteiger partial charge in [0.2, 0.25) is 5.91 Å². The lowest BCUT2D eigenvalue weighted by Crippen LogP contribution is -2.41. The molecular formula is C13H21NO3S. The van der Waals surface area contributed by atoms with Gasteiger partial charge in [-0.1, -0.05) is 0 Å². The lowest BCUT2D eigenvalue weighted by Gasteiger charge is -2.32. The summed E-state index contributed by atoms with van der Waals surface area (Å²) in [4.78, 5) is 24.8. The maximum Gasteiger partial charge on any atom is 0.306 e. The van der Waals surface area contributed by atoms with Crippen molar-refractivity contribution < 1.29 is 14.7 Å². The van der Waals surface area contributed by atoms with Gasteiger partial charge >= 0.3 is 5.97 Å². The molecule has 1 amide bonds. The first-order valence-electron chi connectivity index (χ1n) is 6.75. The van der Waals surface area contributed by atoms with Gasteiger partial charge in [-0.15, -0.1) is 0 Å². The Morgan fingerprint density at radius 1 is 1.11 bits per heavy atom. The highest BCUT2D eigenvalue weighted by atomic mass is 32.2. The van der Waals surface area contributed by atoms with E-state index < -0.39 is 5.97 Å². The number of carboxylic acid groups (broad SMARTS) is 1. The molecule has 0 aromatic rings. The van der Waals surface area contributed by atoms with E-state index in [9.17, 15) is 9.59 Å². The van der Waals surface area contributed by atoms with Crippen molar-refractivity contribution in [3.8, 4) is 0 Å². The van der Waals surface area contributed by atoms with Gasteiger partial charge in [-0.05, 0) is 43.1 Å². The molecule has 0 bridgehead atoms. The predicted octanol–water partition coefficient (Wildman–Crippen LogP) is 1.84. The first-order valence-corrected chi connectivity index (χ1v) is 7.90. The topological polar surface area (TPSA) is 57.6 Å². The molecule has 2 rings (SSSR count). The van der Waals surface area contributed by atoms with Crippen LogP contribution in [0.5, 0.6) is 0 Å². The smallest absolute Gasteiger partial charge is 0.306 e. The number of aliphatic carboxylic acids is 1. The highest BCUT2D eigenvalue weighted by Gasteiger charge is 2.28. The summed E-state index contributed by atoms with van der Waals surface area (Å²) in [5.41, 5.74) is 0. The van der Waals surface area contributed by atoms with Gasteiger partial charge in [0.1, 0.15) is 0 Å². The molecule has 4 nitrogen and oxygen atoms in total. The van der Waals surface area contributed by atoms with Crippen LogP contribution in [0.2, 0.25) is 0 Å². The third-order valence-electron chi connectivity index (χ3n) is 4.00. The molecule has 0 radical (unpaired) electrons. The van der Waals surface area contributed by atoms with Crippen LogP contribution in [-0.2, 0) is 9.59 Å². The van der Waals surface area contributed by atoms with Crippen LogP contribution >= 0.6 is 11.8 Å². The number of carboxylic acids is 1. The van der Waals surface area contributed by atoms with Gasteiger partial charge < -0.3 is 10.0 Å². The fourth-order valence-electron chi connectivity index (χ4n) is 2.70. The van der Waals surface area contributed by atoms with Crippen molar-refractivity contribution in [2.75, 3.05) is 24.6 Å². The van der Waals surface area contributed by atoms with E-state index in [0.29, 0.717) is 38.3 Å². The number of carbonyl (C=O) groups is 2. The van der Waals surface area contributed by atoms with E-state index in [-0.39, 0.29) is 11.8 Å². The molecule has 0 spiro atoms. The van der Waals surface area contributed by atoms with Gasteiger partial charge in [0.15, 0.2) is 0 Å². The second-order valence-electron chi connectivity index (χ2n) is 5.25. The average molecular weight is 271 g/mol. The Kier molecular flexibility index (Phi) is 4.92. The standard InChI is InChI=1S/C13H21NO3S/c15-12(9-10-3-7-18-8-4-10)14-5-1-11(2-6-14)13(16)17/h10-11H,1-9H2,(H,16,17). The molecule has 0 saturated carbocycles. The summed E-state index contributed by atoms with van der Waals surface area (Å²) in [6, 6.07) is 0. The fourth-order valence-corrected chi connectivity index (χ4v) is 3.91. The van der Waals surface area contributed by atoms with Crippen LogP contribution in [0.4, 0.5) is 0 Å². The molecule has 18 heavy (non-hydrogen) atoms. The van der Waals surface area contributed by atoms with Crippen molar-refractivity contribution in [3.63, 3.8) is 0 Å². The molecule has 2 aliphatic rings. The van der Waals surface area contributed by atoms with E-state index in [1.165, 1.54) is 11.5 Å². The van der Waals surface area contributed by atoms with Crippen LogP contribution in [0.3, 0.4) is 0 Å². The zero-order chi connectivity index (χ0) is 13.0. The molecule has 0 unspecified atom stereocenters. The number of hydrogen-bond donors (Lipinski definition) is 1. The maximum atomic E-state index is 12.1. The van der Waals surface area contributed by atoms with Crippen molar-refractivity contribution in [1.29, 1.82) is 0 Å². The molecule has 1 N–H and O–H groups in total. The summed E-state index contributed by atoms with van der Waals surface area (Å²) in [5, 5.41) is 8.92. The van der Waals surface area contributed by atoms with Crippen LogP contribution < -0.4 is 0 Å². The average Bonchev–Trinajstić information content (AvgIpc) is 2.40. The Labute approximate surface area is 112 Å². The number of thioether (sulfide) groups is 1. The summed E-state index contributed by atoms with van der Waals surface area (Å²) in [7, 11) is 0. The predicted molar refractivity (Wildman–Crippen MR) is 71.6 cm³/mol. The van der Waals surface area contributed by atoms with Crippen LogP contribution in [0, 0.1) is 11.8 Å². The minimum Gasteiger partial charge on any atom is -0.481 e. The van der Waals surface area contributed by atoms with Crippen LogP contribution in [0.15, 0.2) is 0 Å². The second-order valence-corrected chi connectivity index (χ2v) is 6.48. The van der Waals surface area contributed by atoms with Crippen LogP contribution in [0.1, 0.15) is 32.1 Å². The van der Waals surface area contributed by atoms with Crippen molar-refractivity contribution in [1.82, 2.24) is 4.90 Å². The zero-order valence-corrected chi connectivity index (χ0v) is 11.5. The monoisotopic (exact) mass is 271 g/mol. The molecule has 2 saturated heterocycles. The first kappa shape index (κ1) is 13.7. The third kappa shape index (κ3) is 3.64. The summed E-state index contributed by atoms with van der Waals surface area (Å²) >= 11 is 1.97. The third-order valence-corrected chi connectivity index (χ3v) is 5.05. The second kappa shape index (κ2) is 6.45. The van der Waals surface area contributed by atoms with Gasteiger partial charge in [-0.25, -0.2) is 0 Å². The number of piperidine rings is 1. The van der Waals surface area contributed by atoms with Gasteiger partial charge in [-0.3, -0.25) is 9.59 Å². The van der Waals surface area contributed by atoms with E-state index in [0.717, 1.165) is 12.8 Å². The SMILES string of the molecule is O=C(O)C1CCN(C(=O)CC2CCSCC2)CC1. The number of hydrogen-bond acceptors (Lipinski definition) is 3. The Balaban J connectivity index is 1.75.